The number of anilines is 2. The molecule has 0 spiro atoms. The molecule has 2 aliphatic rings. The Morgan fingerprint density at radius 3 is 2.18 bits per heavy atom. The Hall–Kier alpha value is -3.13. The minimum atomic E-state index is -0.380. The highest BCUT2D eigenvalue weighted by molar-refractivity contribution is 6.30. The van der Waals surface area contributed by atoms with Crippen molar-refractivity contribution in [1.82, 2.24) is 4.90 Å². The van der Waals surface area contributed by atoms with Crippen molar-refractivity contribution in [1.29, 1.82) is 0 Å². The predicted molar refractivity (Wildman–Crippen MR) is 127 cm³/mol. The SMILES string of the molecule is COc1cc(N2CC(C(=O)N3CCN(c4cccc(Cl)c4)CC3)CC2=O)cc(OC)c1OC. The zero-order valence-corrected chi connectivity index (χ0v) is 19.8. The molecule has 2 aromatic rings. The summed E-state index contributed by atoms with van der Waals surface area (Å²) in [6, 6.07) is 11.2. The minimum Gasteiger partial charge on any atom is -0.493 e. The molecule has 0 N–H and O–H groups in total. The zero-order chi connectivity index (χ0) is 23.5. The van der Waals surface area contributed by atoms with E-state index >= 15 is 0 Å². The molecule has 8 nitrogen and oxygen atoms in total. The summed E-state index contributed by atoms with van der Waals surface area (Å²) in [5.74, 6) is 0.928. The lowest BCUT2D eigenvalue weighted by Crippen LogP contribution is -2.50. The van der Waals surface area contributed by atoms with Crippen LogP contribution < -0.4 is 24.0 Å². The van der Waals surface area contributed by atoms with Crippen LogP contribution in [0.5, 0.6) is 17.2 Å². The van der Waals surface area contributed by atoms with Gasteiger partial charge in [0.1, 0.15) is 0 Å². The van der Waals surface area contributed by atoms with E-state index in [0.717, 1.165) is 18.8 Å². The van der Waals surface area contributed by atoms with Crippen LogP contribution in [0.1, 0.15) is 6.42 Å². The van der Waals surface area contributed by atoms with Gasteiger partial charge in [0.2, 0.25) is 17.6 Å². The van der Waals surface area contributed by atoms with Gasteiger partial charge in [-0.3, -0.25) is 9.59 Å². The second-order valence-corrected chi connectivity index (χ2v) is 8.52. The van der Waals surface area contributed by atoms with Crippen LogP contribution in [0.3, 0.4) is 0 Å². The summed E-state index contributed by atoms with van der Waals surface area (Å²) in [6.07, 6.45) is 0.185. The number of hydrogen-bond donors (Lipinski definition) is 0. The number of rotatable bonds is 6. The minimum absolute atomic E-state index is 0.0176. The molecule has 1 unspecified atom stereocenters. The van der Waals surface area contributed by atoms with E-state index in [1.54, 1.807) is 17.0 Å². The molecular weight excluding hydrogens is 446 g/mol. The number of carbonyl (C=O) groups is 2. The number of benzene rings is 2. The van der Waals surface area contributed by atoms with E-state index in [0.29, 0.717) is 47.6 Å². The van der Waals surface area contributed by atoms with Crippen LogP contribution in [-0.4, -0.2) is 70.8 Å². The maximum atomic E-state index is 13.2. The standard InChI is InChI=1S/C24H28ClN3O5/c1-31-20-13-19(14-21(32-2)23(20)33-3)28-15-16(11-22(28)29)24(30)27-9-7-26(8-10-27)18-6-4-5-17(25)12-18/h4-6,12-14,16H,7-11,15H2,1-3H3. The molecule has 2 aliphatic heterocycles. The third-order valence-corrected chi connectivity index (χ3v) is 6.44. The Morgan fingerprint density at radius 1 is 0.939 bits per heavy atom. The summed E-state index contributed by atoms with van der Waals surface area (Å²) < 4.78 is 16.2. The molecule has 2 saturated heterocycles. The molecule has 9 heteroatoms. The maximum Gasteiger partial charge on any atom is 0.228 e. The van der Waals surface area contributed by atoms with E-state index < -0.39 is 0 Å². The fraction of sp³-hybridized carbons (Fsp3) is 0.417. The fourth-order valence-corrected chi connectivity index (χ4v) is 4.65. The second-order valence-electron chi connectivity index (χ2n) is 8.08. The summed E-state index contributed by atoms with van der Waals surface area (Å²) >= 11 is 6.11. The lowest BCUT2D eigenvalue weighted by Gasteiger charge is -2.37. The quantitative estimate of drug-likeness (QED) is 0.642. The first-order valence-electron chi connectivity index (χ1n) is 10.8. The number of methoxy groups -OCH3 is 3. The first kappa shape index (κ1) is 23.0. The molecule has 2 heterocycles. The highest BCUT2D eigenvalue weighted by Crippen LogP contribution is 2.42. The molecule has 0 aliphatic carbocycles. The Balaban J connectivity index is 1.43. The van der Waals surface area contributed by atoms with Crippen LogP contribution in [-0.2, 0) is 9.59 Å². The summed E-state index contributed by atoms with van der Waals surface area (Å²) in [5, 5.41) is 0.697. The van der Waals surface area contributed by atoms with Gasteiger partial charge in [-0.25, -0.2) is 0 Å². The van der Waals surface area contributed by atoms with Gasteiger partial charge in [-0.15, -0.1) is 0 Å². The summed E-state index contributed by atoms with van der Waals surface area (Å²) in [5.41, 5.74) is 1.68. The number of halogens is 1. The molecule has 2 amide bonds. The van der Waals surface area contributed by atoms with Gasteiger partial charge in [-0.05, 0) is 18.2 Å². The van der Waals surface area contributed by atoms with Gasteiger partial charge in [-0.2, -0.15) is 0 Å². The number of amides is 2. The lowest BCUT2D eigenvalue weighted by molar-refractivity contribution is -0.136. The van der Waals surface area contributed by atoms with Crippen LogP contribution in [0.25, 0.3) is 0 Å². The van der Waals surface area contributed by atoms with E-state index in [9.17, 15) is 9.59 Å². The van der Waals surface area contributed by atoms with Crippen LogP contribution in [0, 0.1) is 5.92 Å². The molecule has 4 rings (SSSR count). The molecular formula is C24H28ClN3O5. The number of ether oxygens (including phenoxy) is 3. The van der Waals surface area contributed by atoms with E-state index in [1.807, 2.05) is 29.2 Å². The third kappa shape index (κ3) is 4.66. The van der Waals surface area contributed by atoms with E-state index in [4.69, 9.17) is 25.8 Å². The molecule has 176 valence electrons. The van der Waals surface area contributed by atoms with Gasteiger partial charge >= 0.3 is 0 Å². The Labute approximate surface area is 198 Å². The van der Waals surface area contributed by atoms with Crippen molar-refractivity contribution in [3.63, 3.8) is 0 Å². The molecule has 1 atom stereocenters. The van der Waals surface area contributed by atoms with E-state index in [2.05, 4.69) is 4.90 Å². The Kier molecular flexibility index (Phi) is 6.83. The Bertz CT molecular complexity index is 1010. The molecule has 2 fully saturated rings. The van der Waals surface area contributed by atoms with Gasteiger partial charge in [0, 0.05) is 62.0 Å². The monoisotopic (exact) mass is 473 g/mol. The fourth-order valence-electron chi connectivity index (χ4n) is 4.46. The zero-order valence-electron chi connectivity index (χ0n) is 19.0. The summed E-state index contributed by atoms with van der Waals surface area (Å²) in [7, 11) is 4.59. The van der Waals surface area contributed by atoms with E-state index in [1.165, 1.54) is 21.3 Å². The van der Waals surface area contributed by atoms with Gasteiger partial charge in [0.05, 0.1) is 32.9 Å². The molecule has 0 saturated carbocycles. The Morgan fingerprint density at radius 2 is 1.61 bits per heavy atom. The van der Waals surface area contributed by atoms with Gasteiger partial charge in [0.25, 0.3) is 0 Å². The topological polar surface area (TPSA) is 71.6 Å². The average Bonchev–Trinajstić information content (AvgIpc) is 3.24. The van der Waals surface area contributed by atoms with Crippen LogP contribution >= 0.6 is 11.6 Å². The van der Waals surface area contributed by atoms with Crippen molar-refractivity contribution in [3.05, 3.63) is 41.4 Å². The van der Waals surface area contributed by atoms with Crippen molar-refractivity contribution in [3.8, 4) is 17.2 Å². The van der Waals surface area contributed by atoms with Gasteiger partial charge in [-0.1, -0.05) is 17.7 Å². The summed E-state index contributed by atoms with van der Waals surface area (Å²) in [4.78, 5) is 31.7. The highest BCUT2D eigenvalue weighted by Gasteiger charge is 2.38. The molecule has 2 aromatic carbocycles. The predicted octanol–water partition coefficient (Wildman–Crippen LogP) is 3.07. The van der Waals surface area contributed by atoms with Gasteiger partial charge in [0.15, 0.2) is 11.5 Å². The van der Waals surface area contributed by atoms with Crippen LogP contribution in [0.4, 0.5) is 11.4 Å². The number of carbonyl (C=O) groups excluding carboxylic acids is 2. The summed E-state index contributed by atoms with van der Waals surface area (Å²) in [6.45, 7) is 3.00. The molecule has 33 heavy (non-hydrogen) atoms. The van der Waals surface area contributed by atoms with Crippen molar-refractivity contribution in [2.24, 2.45) is 5.92 Å². The largest absolute Gasteiger partial charge is 0.493 e. The third-order valence-electron chi connectivity index (χ3n) is 6.20. The average molecular weight is 474 g/mol. The van der Waals surface area contributed by atoms with Crippen molar-refractivity contribution >= 4 is 34.8 Å². The smallest absolute Gasteiger partial charge is 0.228 e. The highest BCUT2D eigenvalue weighted by atomic mass is 35.5. The second kappa shape index (κ2) is 9.79. The van der Waals surface area contributed by atoms with Crippen molar-refractivity contribution < 1.29 is 23.8 Å². The van der Waals surface area contributed by atoms with Crippen molar-refractivity contribution in [2.75, 3.05) is 63.9 Å². The number of piperazine rings is 1. The lowest BCUT2D eigenvalue weighted by atomic mass is 10.1. The normalized spacial score (nSPS) is 18.5. The number of nitrogens with zero attached hydrogens (tertiary/aromatic N) is 3. The van der Waals surface area contributed by atoms with Crippen LogP contribution in [0.2, 0.25) is 5.02 Å². The molecule has 0 radical (unpaired) electrons. The maximum absolute atomic E-state index is 13.2. The van der Waals surface area contributed by atoms with Gasteiger partial charge < -0.3 is 28.9 Å². The van der Waals surface area contributed by atoms with E-state index in [-0.39, 0.29) is 24.2 Å². The first-order valence-corrected chi connectivity index (χ1v) is 11.2. The number of hydrogen-bond acceptors (Lipinski definition) is 6. The first-order chi connectivity index (χ1) is 15.9. The molecule has 0 aromatic heterocycles. The van der Waals surface area contributed by atoms with Crippen LogP contribution in [0.15, 0.2) is 36.4 Å². The molecule has 0 bridgehead atoms. The van der Waals surface area contributed by atoms with Crippen molar-refractivity contribution in [2.45, 2.75) is 6.42 Å².